The van der Waals surface area contributed by atoms with Crippen LogP contribution in [0, 0.1) is 28.6 Å². The van der Waals surface area contributed by atoms with Gasteiger partial charge in [-0.05, 0) is 154 Å². The molecule has 0 aromatic heterocycles. The number of ketones is 2. The molecule has 0 N–H and O–H groups in total. The topological polar surface area (TPSA) is 66.9 Å². The van der Waals surface area contributed by atoms with Gasteiger partial charge < -0.3 is 9.64 Å². The van der Waals surface area contributed by atoms with Crippen LogP contribution in [-0.4, -0.2) is 55.2 Å². The lowest BCUT2D eigenvalue weighted by Crippen LogP contribution is -2.51. The number of allylic oxidation sites excluding steroid dienone is 1. The quantitative estimate of drug-likeness (QED) is 0.0765. The zero-order valence-electron chi connectivity index (χ0n) is 39.0. The molecule has 1 aliphatic heterocycles. The van der Waals surface area contributed by atoms with Gasteiger partial charge in [-0.25, -0.2) is 0 Å². The van der Waals surface area contributed by atoms with E-state index in [0.29, 0.717) is 41.2 Å². The van der Waals surface area contributed by atoms with E-state index in [-0.39, 0.29) is 28.7 Å². The van der Waals surface area contributed by atoms with Gasteiger partial charge in [-0.15, -0.1) is 0 Å². The highest BCUT2D eigenvalue weighted by atomic mass is 35.5. The van der Waals surface area contributed by atoms with Crippen LogP contribution >= 0.6 is 11.6 Å². The smallest absolute Gasteiger partial charge is 0.306 e. The van der Waals surface area contributed by atoms with Gasteiger partial charge in [0, 0.05) is 53.3 Å². The molecule has 0 unspecified atom stereocenters. The average Bonchev–Trinajstić information content (AvgIpc) is 3.52. The number of halogens is 1. The van der Waals surface area contributed by atoms with Gasteiger partial charge in [-0.2, -0.15) is 0 Å². The van der Waals surface area contributed by atoms with Crippen molar-refractivity contribution in [1.29, 1.82) is 0 Å². The first-order valence-electron chi connectivity index (χ1n) is 24.8. The van der Waals surface area contributed by atoms with E-state index in [2.05, 4.69) is 79.1 Å². The molecule has 8 rings (SSSR count). The van der Waals surface area contributed by atoms with Crippen LogP contribution in [0.2, 0.25) is 5.02 Å². The number of nitrogens with zero attached hydrogens (tertiary/aromatic N) is 2. The van der Waals surface area contributed by atoms with Crippen molar-refractivity contribution in [1.82, 2.24) is 4.90 Å². The molecule has 3 aromatic carbocycles. The molecule has 63 heavy (non-hydrogen) atoms. The molecule has 6 nitrogen and oxygen atoms in total. The fraction of sp³-hybridized carbons (Fsp3) is 0.589. The molecule has 7 heteroatoms. The zero-order valence-corrected chi connectivity index (χ0v) is 39.7. The van der Waals surface area contributed by atoms with Crippen LogP contribution in [0.15, 0.2) is 84.4 Å². The molecule has 6 atom stereocenters. The lowest BCUT2D eigenvalue weighted by atomic mass is 9.47. The van der Waals surface area contributed by atoms with Gasteiger partial charge in [-0.1, -0.05) is 119 Å². The summed E-state index contributed by atoms with van der Waals surface area (Å²) in [7, 11) is 2.01. The van der Waals surface area contributed by atoms with E-state index >= 15 is 0 Å². The molecular formula is C56H75ClN2O4. The number of ether oxygens (including phenoxy) is 1. The third-order valence-corrected chi connectivity index (χ3v) is 16.4. The van der Waals surface area contributed by atoms with Crippen LogP contribution in [-0.2, 0) is 27.2 Å². The Bertz CT molecular complexity index is 2000. The number of likely N-dealkylation sites (N-methyl/N-ethyl adjacent to an activating group) is 1. The van der Waals surface area contributed by atoms with Crippen molar-refractivity contribution in [3.05, 3.63) is 106 Å². The second-order valence-electron chi connectivity index (χ2n) is 20.2. The molecule has 0 radical (unpaired) electrons. The molecule has 340 valence electrons. The summed E-state index contributed by atoms with van der Waals surface area (Å²) < 4.78 is 6.17. The molecule has 1 heterocycles. The predicted octanol–water partition coefficient (Wildman–Crippen LogP) is 13.7. The van der Waals surface area contributed by atoms with E-state index in [0.717, 1.165) is 76.8 Å². The second kappa shape index (κ2) is 22.0. The molecule has 3 saturated carbocycles. The SMILES string of the molecule is CCCCCCCCCCC(=O)O[C@H]1CC[C@H]2[C@@H]3CCC4=CC(=O)CC[C@]4(C)[C@H]3CC[C@]12C.CN(CCCN1c2ccccc2CCc2ccccc21)CC(=O)c1ccc(Cl)cc1. The maximum Gasteiger partial charge on any atom is 0.306 e. The Morgan fingerprint density at radius 3 is 2.08 bits per heavy atom. The number of Topliss-reactive ketones (excluding diaryl/α,β-unsaturated/α-hetero) is 1. The molecule has 0 saturated heterocycles. The minimum Gasteiger partial charge on any atom is -0.462 e. The Labute approximate surface area is 384 Å². The molecule has 5 aliphatic rings. The Kier molecular flexibility index (Phi) is 16.5. The summed E-state index contributed by atoms with van der Waals surface area (Å²) in [6.45, 7) is 9.32. The minimum atomic E-state index is 0.0431. The first-order valence-corrected chi connectivity index (χ1v) is 25.2. The lowest BCUT2D eigenvalue weighted by molar-refractivity contribution is -0.160. The van der Waals surface area contributed by atoms with Crippen LogP contribution in [0.25, 0.3) is 0 Å². The molecule has 0 bridgehead atoms. The summed E-state index contributed by atoms with van der Waals surface area (Å²) in [6, 6.07) is 24.6. The number of carbonyl (C=O) groups is 3. The molecule has 4 aliphatic carbocycles. The van der Waals surface area contributed by atoms with E-state index in [1.165, 1.54) is 92.3 Å². The molecule has 0 spiro atoms. The van der Waals surface area contributed by atoms with Crippen molar-refractivity contribution in [3.63, 3.8) is 0 Å². The summed E-state index contributed by atoms with van der Waals surface area (Å²) in [6.07, 6.45) is 24.6. The highest BCUT2D eigenvalue weighted by molar-refractivity contribution is 6.30. The summed E-state index contributed by atoms with van der Waals surface area (Å²) in [5, 5.41) is 0.651. The number of esters is 1. The van der Waals surface area contributed by atoms with Crippen LogP contribution < -0.4 is 4.90 Å². The first kappa shape index (κ1) is 47.2. The van der Waals surface area contributed by atoms with E-state index in [4.69, 9.17) is 16.3 Å². The fourth-order valence-corrected chi connectivity index (χ4v) is 12.6. The van der Waals surface area contributed by atoms with Gasteiger partial charge in [0.15, 0.2) is 11.6 Å². The van der Waals surface area contributed by atoms with Gasteiger partial charge >= 0.3 is 5.97 Å². The van der Waals surface area contributed by atoms with Crippen molar-refractivity contribution in [2.75, 3.05) is 31.6 Å². The van der Waals surface area contributed by atoms with Crippen molar-refractivity contribution in [2.24, 2.45) is 28.6 Å². The van der Waals surface area contributed by atoms with Crippen LogP contribution in [0.3, 0.4) is 0 Å². The number of unbranched alkanes of at least 4 members (excludes halogenated alkanes) is 7. The number of hydrogen-bond acceptors (Lipinski definition) is 6. The summed E-state index contributed by atoms with van der Waals surface area (Å²) in [4.78, 5) is 41.8. The Balaban J connectivity index is 0.000000190. The summed E-state index contributed by atoms with van der Waals surface area (Å²) in [5.41, 5.74) is 7.95. The highest BCUT2D eigenvalue weighted by Crippen LogP contribution is 2.65. The summed E-state index contributed by atoms with van der Waals surface area (Å²) >= 11 is 5.92. The van der Waals surface area contributed by atoms with Gasteiger partial charge in [-0.3, -0.25) is 19.3 Å². The Hall–Kier alpha value is -3.74. The monoisotopic (exact) mass is 875 g/mol. The molecule has 3 aromatic rings. The third-order valence-electron chi connectivity index (χ3n) is 16.1. The number of aryl methyl sites for hydroxylation is 2. The van der Waals surface area contributed by atoms with E-state index in [1.807, 2.05) is 13.1 Å². The van der Waals surface area contributed by atoms with Gasteiger partial charge in [0.1, 0.15) is 6.10 Å². The number of hydrogen-bond donors (Lipinski definition) is 0. The van der Waals surface area contributed by atoms with E-state index in [9.17, 15) is 14.4 Å². The number of anilines is 2. The van der Waals surface area contributed by atoms with E-state index < -0.39 is 0 Å². The largest absolute Gasteiger partial charge is 0.462 e. The maximum absolute atomic E-state index is 12.7. The lowest BCUT2D eigenvalue weighted by Gasteiger charge is -2.57. The van der Waals surface area contributed by atoms with Crippen LogP contribution in [0.4, 0.5) is 11.4 Å². The Morgan fingerprint density at radius 2 is 1.40 bits per heavy atom. The van der Waals surface area contributed by atoms with Gasteiger partial charge in [0.05, 0.1) is 6.54 Å². The standard InChI is InChI=1S/C30H48O3.C26H27ClN2O/c1-4-5-6-7-8-9-10-11-12-28(32)33-27-16-15-25-24-14-13-22-21-23(31)17-19-29(22,2)26(24)18-20-30(25,27)3;1-28(19-26(30)22-13-15-23(27)16-14-22)17-6-18-29-24-9-4-2-7-20(24)11-12-21-8-3-5-10-25(21)29/h21,24-27H,4-20H2,1-3H3;2-5,7-10,13-16H,6,11-12,17-19H2,1H3/t24-,25-,26-,27-,29-,30-;/m0./s1. The van der Waals surface area contributed by atoms with Crippen molar-refractivity contribution < 1.29 is 19.1 Å². The van der Waals surface area contributed by atoms with Gasteiger partial charge in [0.25, 0.3) is 0 Å². The zero-order chi connectivity index (χ0) is 44.4. The normalized spacial score (nSPS) is 25.9. The number of para-hydroxylation sites is 2. The highest BCUT2D eigenvalue weighted by Gasteiger charge is 2.60. The van der Waals surface area contributed by atoms with E-state index in [1.54, 1.807) is 24.3 Å². The van der Waals surface area contributed by atoms with Crippen molar-refractivity contribution in [3.8, 4) is 0 Å². The molecule has 3 fully saturated rings. The average molecular weight is 876 g/mol. The predicted molar refractivity (Wildman–Crippen MR) is 259 cm³/mol. The molecule has 0 amide bonds. The second-order valence-corrected chi connectivity index (χ2v) is 20.7. The van der Waals surface area contributed by atoms with Crippen molar-refractivity contribution >= 4 is 40.5 Å². The third kappa shape index (κ3) is 11.4. The number of fused-ring (bicyclic) bond motifs is 7. The Morgan fingerprint density at radius 1 is 0.746 bits per heavy atom. The van der Waals surface area contributed by atoms with Crippen LogP contribution in [0.5, 0.6) is 0 Å². The van der Waals surface area contributed by atoms with Crippen molar-refractivity contribution in [2.45, 2.75) is 155 Å². The number of carbonyl (C=O) groups excluding carboxylic acids is 3. The van der Waals surface area contributed by atoms with Crippen LogP contribution in [0.1, 0.15) is 158 Å². The molecular weight excluding hydrogens is 800 g/mol. The van der Waals surface area contributed by atoms with Gasteiger partial charge in [0.2, 0.25) is 0 Å². The first-order chi connectivity index (χ1) is 30.5. The minimum absolute atomic E-state index is 0.0431. The summed E-state index contributed by atoms with van der Waals surface area (Å²) in [5.74, 6) is 2.62. The number of rotatable bonds is 17. The maximum atomic E-state index is 12.7. The number of benzene rings is 3. The fourth-order valence-electron chi connectivity index (χ4n) is 12.5.